The van der Waals surface area contributed by atoms with Crippen molar-refractivity contribution in [3.05, 3.63) is 69.2 Å². The maximum absolute atomic E-state index is 9.60. The zero-order chi connectivity index (χ0) is 15.2. The Bertz CT molecular complexity index is 617. The summed E-state index contributed by atoms with van der Waals surface area (Å²) in [6.45, 7) is 0. The SMILES string of the molecule is O[C@H](CCl)Cc1cccc(C=Cc2c(Cl)cccc2Cl)c1. The third-order valence-corrected chi connectivity index (χ3v) is 4.06. The van der Waals surface area contributed by atoms with Crippen LogP contribution >= 0.6 is 34.8 Å². The molecule has 0 amide bonds. The van der Waals surface area contributed by atoms with Crippen molar-refractivity contribution in [3.63, 3.8) is 0 Å². The van der Waals surface area contributed by atoms with Crippen LogP contribution in [0.2, 0.25) is 10.0 Å². The van der Waals surface area contributed by atoms with Crippen LogP contribution in [-0.2, 0) is 6.42 Å². The summed E-state index contributed by atoms with van der Waals surface area (Å²) in [4.78, 5) is 0. The van der Waals surface area contributed by atoms with Gasteiger partial charge in [0.1, 0.15) is 0 Å². The van der Waals surface area contributed by atoms with E-state index in [4.69, 9.17) is 34.8 Å². The van der Waals surface area contributed by atoms with E-state index in [-0.39, 0.29) is 5.88 Å². The van der Waals surface area contributed by atoms with E-state index in [9.17, 15) is 5.11 Å². The quantitative estimate of drug-likeness (QED) is 0.577. The van der Waals surface area contributed by atoms with Gasteiger partial charge in [0.05, 0.1) is 6.10 Å². The molecule has 4 heteroatoms. The maximum atomic E-state index is 9.60. The molecule has 1 N–H and O–H groups in total. The number of halogens is 3. The predicted molar refractivity (Wildman–Crippen MR) is 92.3 cm³/mol. The highest BCUT2D eigenvalue weighted by Gasteiger charge is 2.04. The van der Waals surface area contributed by atoms with Crippen molar-refractivity contribution in [2.75, 3.05) is 5.88 Å². The fourth-order valence-corrected chi connectivity index (χ4v) is 2.63. The van der Waals surface area contributed by atoms with Crippen molar-refractivity contribution in [2.24, 2.45) is 0 Å². The van der Waals surface area contributed by atoms with Gasteiger partial charge in [-0.1, -0.05) is 65.7 Å². The molecule has 0 fully saturated rings. The Morgan fingerprint density at radius 2 is 1.67 bits per heavy atom. The van der Waals surface area contributed by atoms with Crippen molar-refractivity contribution in [1.82, 2.24) is 0 Å². The lowest BCUT2D eigenvalue weighted by molar-refractivity contribution is 0.199. The fourth-order valence-electron chi connectivity index (χ4n) is 2.00. The number of hydrogen-bond donors (Lipinski definition) is 1. The molecule has 0 radical (unpaired) electrons. The Balaban J connectivity index is 2.19. The summed E-state index contributed by atoms with van der Waals surface area (Å²) in [5.41, 5.74) is 2.85. The van der Waals surface area contributed by atoms with Crippen LogP contribution < -0.4 is 0 Å². The summed E-state index contributed by atoms with van der Waals surface area (Å²) < 4.78 is 0. The average molecular weight is 342 g/mol. The highest BCUT2D eigenvalue weighted by molar-refractivity contribution is 6.37. The molecule has 2 rings (SSSR count). The highest BCUT2D eigenvalue weighted by atomic mass is 35.5. The van der Waals surface area contributed by atoms with Crippen LogP contribution in [0.1, 0.15) is 16.7 Å². The third-order valence-electron chi connectivity index (χ3n) is 3.04. The zero-order valence-electron chi connectivity index (χ0n) is 11.3. The molecule has 0 spiro atoms. The smallest absolute Gasteiger partial charge is 0.0715 e. The van der Waals surface area contributed by atoms with Gasteiger partial charge in [0.25, 0.3) is 0 Å². The van der Waals surface area contributed by atoms with E-state index in [1.165, 1.54) is 0 Å². The molecule has 2 aromatic rings. The van der Waals surface area contributed by atoms with E-state index in [1.807, 2.05) is 42.5 Å². The topological polar surface area (TPSA) is 20.2 Å². The van der Waals surface area contributed by atoms with Crippen LogP contribution in [0, 0.1) is 0 Å². The average Bonchev–Trinajstić information content (AvgIpc) is 2.47. The first-order valence-corrected chi connectivity index (χ1v) is 7.84. The van der Waals surface area contributed by atoms with Crippen LogP contribution in [0.15, 0.2) is 42.5 Å². The van der Waals surface area contributed by atoms with E-state index < -0.39 is 6.10 Å². The molecule has 2 aromatic carbocycles. The van der Waals surface area contributed by atoms with Gasteiger partial charge in [-0.3, -0.25) is 0 Å². The summed E-state index contributed by atoms with van der Waals surface area (Å²) >= 11 is 17.9. The van der Waals surface area contributed by atoms with Crippen molar-refractivity contribution < 1.29 is 5.11 Å². The van der Waals surface area contributed by atoms with Gasteiger partial charge in [0.2, 0.25) is 0 Å². The molecule has 0 aromatic heterocycles. The molecule has 0 unspecified atom stereocenters. The molecule has 0 aliphatic heterocycles. The Morgan fingerprint density at radius 1 is 1.00 bits per heavy atom. The Kier molecular flexibility index (Phi) is 6.13. The lowest BCUT2D eigenvalue weighted by atomic mass is 10.0. The monoisotopic (exact) mass is 340 g/mol. The summed E-state index contributed by atoms with van der Waals surface area (Å²) in [6, 6.07) is 13.3. The number of aliphatic hydroxyl groups excluding tert-OH is 1. The summed E-state index contributed by atoms with van der Waals surface area (Å²) in [5.74, 6) is 0.231. The van der Waals surface area contributed by atoms with E-state index in [1.54, 1.807) is 12.1 Å². The molecule has 0 aliphatic rings. The first kappa shape index (κ1) is 16.4. The van der Waals surface area contributed by atoms with E-state index in [0.717, 1.165) is 16.7 Å². The molecule has 0 bridgehead atoms. The van der Waals surface area contributed by atoms with Gasteiger partial charge in [0.15, 0.2) is 0 Å². The minimum Gasteiger partial charge on any atom is -0.392 e. The number of benzene rings is 2. The molecule has 1 atom stereocenters. The summed E-state index contributed by atoms with van der Waals surface area (Å²) in [5, 5.41) is 10.8. The van der Waals surface area contributed by atoms with Gasteiger partial charge < -0.3 is 5.11 Å². The van der Waals surface area contributed by atoms with Gasteiger partial charge in [-0.15, -0.1) is 11.6 Å². The second-order valence-corrected chi connectivity index (χ2v) is 5.85. The Hall–Kier alpha value is -0.990. The number of hydrogen-bond acceptors (Lipinski definition) is 1. The van der Waals surface area contributed by atoms with Crippen LogP contribution in [0.5, 0.6) is 0 Å². The molecule has 0 aliphatic carbocycles. The second kappa shape index (κ2) is 7.86. The van der Waals surface area contributed by atoms with Gasteiger partial charge in [0, 0.05) is 21.5 Å². The molecule has 21 heavy (non-hydrogen) atoms. The van der Waals surface area contributed by atoms with Gasteiger partial charge >= 0.3 is 0 Å². The molecule has 0 saturated carbocycles. The standard InChI is InChI=1S/C17H15Cl3O/c18-11-14(21)10-13-4-1-3-12(9-13)7-8-15-16(19)5-2-6-17(15)20/h1-9,14,21H,10-11H2/t14-/m0/s1. The van der Waals surface area contributed by atoms with Crippen molar-refractivity contribution in [2.45, 2.75) is 12.5 Å². The van der Waals surface area contributed by atoms with Crippen LogP contribution in [0.4, 0.5) is 0 Å². The Labute approximate surface area is 139 Å². The molecule has 110 valence electrons. The van der Waals surface area contributed by atoms with Gasteiger partial charge in [-0.25, -0.2) is 0 Å². The first-order chi connectivity index (χ1) is 10.1. The second-order valence-electron chi connectivity index (χ2n) is 4.73. The lowest BCUT2D eigenvalue weighted by Gasteiger charge is -2.07. The molecular formula is C17H15Cl3O. The summed E-state index contributed by atoms with van der Waals surface area (Å²) in [6.07, 6.45) is 3.85. The van der Waals surface area contributed by atoms with Crippen molar-refractivity contribution in [1.29, 1.82) is 0 Å². The van der Waals surface area contributed by atoms with Gasteiger partial charge in [-0.2, -0.15) is 0 Å². The number of aliphatic hydroxyl groups is 1. The minimum atomic E-state index is -0.524. The third kappa shape index (κ3) is 4.76. The molecule has 1 nitrogen and oxygen atoms in total. The predicted octanol–water partition coefficient (Wildman–Crippen LogP) is 5.31. The van der Waals surface area contributed by atoms with Crippen molar-refractivity contribution >= 4 is 47.0 Å². The van der Waals surface area contributed by atoms with Crippen LogP contribution in [-0.4, -0.2) is 17.1 Å². The van der Waals surface area contributed by atoms with E-state index >= 15 is 0 Å². The minimum absolute atomic E-state index is 0.231. The fraction of sp³-hybridized carbons (Fsp3) is 0.176. The molecular weight excluding hydrogens is 327 g/mol. The Morgan fingerprint density at radius 3 is 2.33 bits per heavy atom. The highest BCUT2D eigenvalue weighted by Crippen LogP contribution is 2.26. The van der Waals surface area contributed by atoms with Crippen molar-refractivity contribution in [3.8, 4) is 0 Å². The number of rotatable bonds is 5. The first-order valence-electron chi connectivity index (χ1n) is 6.55. The molecule has 0 saturated heterocycles. The normalized spacial score (nSPS) is 12.8. The van der Waals surface area contributed by atoms with E-state index in [0.29, 0.717) is 16.5 Å². The lowest BCUT2D eigenvalue weighted by Crippen LogP contribution is -2.11. The van der Waals surface area contributed by atoms with Crippen LogP contribution in [0.25, 0.3) is 12.2 Å². The van der Waals surface area contributed by atoms with E-state index in [2.05, 4.69) is 0 Å². The largest absolute Gasteiger partial charge is 0.392 e. The zero-order valence-corrected chi connectivity index (χ0v) is 13.5. The van der Waals surface area contributed by atoms with Crippen LogP contribution in [0.3, 0.4) is 0 Å². The number of alkyl halides is 1. The van der Waals surface area contributed by atoms with Gasteiger partial charge in [-0.05, 0) is 29.7 Å². The summed E-state index contributed by atoms with van der Waals surface area (Å²) in [7, 11) is 0. The maximum Gasteiger partial charge on any atom is 0.0715 e. The molecule has 0 heterocycles.